The van der Waals surface area contributed by atoms with Gasteiger partial charge in [0.05, 0.1) is 32.6 Å². The van der Waals surface area contributed by atoms with Gasteiger partial charge in [-0.05, 0) is 19.1 Å². The minimum atomic E-state index is -4.62. The van der Waals surface area contributed by atoms with Crippen LogP contribution in [-0.4, -0.2) is 26.3 Å². The van der Waals surface area contributed by atoms with Crippen LogP contribution >= 0.6 is 23.2 Å². The molecule has 0 bridgehead atoms. The molecule has 0 aliphatic heterocycles. The summed E-state index contributed by atoms with van der Waals surface area (Å²) in [5.74, 6) is 0.426. The molecule has 1 atom stereocenters. The minimum Gasteiger partial charge on any atom is -0.262 e. The lowest BCUT2D eigenvalue weighted by atomic mass is 10.2. The molecule has 5 nitrogen and oxygen atoms in total. The first-order chi connectivity index (χ1) is 12.1. The van der Waals surface area contributed by atoms with E-state index in [0.717, 1.165) is 16.8 Å². The average molecular weight is 425 g/mol. The fourth-order valence-corrected chi connectivity index (χ4v) is 3.78. The summed E-state index contributed by atoms with van der Waals surface area (Å²) in [5, 5.41) is 12.8. The number of anilines is 1. The molecule has 0 amide bonds. The second kappa shape index (κ2) is 7.86. The third kappa shape index (κ3) is 3.82. The number of aromatic nitrogens is 2. The molecule has 1 aromatic carbocycles. The van der Waals surface area contributed by atoms with Crippen molar-refractivity contribution in [2.45, 2.75) is 24.9 Å². The number of alkyl halides is 3. The lowest BCUT2D eigenvalue weighted by Gasteiger charge is -2.19. The number of hydrogen-bond donors (Lipinski definition) is 0. The predicted molar refractivity (Wildman–Crippen MR) is 94.2 cm³/mol. The SMILES string of the molecule is CCN(C#N)c1c(S(=O)CC)cnn1-c1c(Cl)cc(C(F)(F)F)cc1Cl. The van der Waals surface area contributed by atoms with Crippen molar-refractivity contribution in [3.8, 4) is 11.9 Å². The molecule has 0 saturated carbocycles. The second-order valence-electron chi connectivity index (χ2n) is 5.01. The van der Waals surface area contributed by atoms with Crippen molar-refractivity contribution in [1.82, 2.24) is 9.78 Å². The van der Waals surface area contributed by atoms with Crippen LogP contribution < -0.4 is 4.90 Å². The van der Waals surface area contributed by atoms with Gasteiger partial charge in [-0.1, -0.05) is 30.1 Å². The summed E-state index contributed by atoms with van der Waals surface area (Å²) in [6.45, 7) is 3.61. The van der Waals surface area contributed by atoms with Crippen LogP contribution in [0.1, 0.15) is 19.4 Å². The molecule has 0 radical (unpaired) electrons. The predicted octanol–water partition coefficient (Wildman–Crippen LogP) is 4.63. The molecule has 0 fully saturated rings. The molecule has 1 unspecified atom stereocenters. The van der Waals surface area contributed by atoms with Gasteiger partial charge in [0, 0.05) is 12.3 Å². The Morgan fingerprint density at radius 3 is 2.31 bits per heavy atom. The molecule has 1 heterocycles. The summed E-state index contributed by atoms with van der Waals surface area (Å²) in [4.78, 5) is 1.48. The van der Waals surface area contributed by atoms with Crippen molar-refractivity contribution in [3.05, 3.63) is 33.9 Å². The van der Waals surface area contributed by atoms with Gasteiger partial charge in [0.1, 0.15) is 10.6 Å². The fourth-order valence-electron chi connectivity index (χ4n) is 2.25. The Morgan fingerprint density at radius 2 is 1.88 bits per heavy atom. The molecule has 26 heavy (non-hydrogen) atoms. The highest BCUT2D eigenvalue weighted by molar-refractivity contribution is 7.85. The van der Waals surface area contributed by atoms with Crippen LogP contribution in [0.4, 0.5) is 19.0 Å². The third-order valence-corrected chi connectivity index (χ3v) is 5.35. The van der Waals surface area contributed by atoms with Crippen LogP contribution in [0.2, 0.25) is 10.0 Å². The van der Waals surface area contributed by atoms with Crippen molar-refractivity contribution in [3.63, 3.8) is 0 Å². The van der Waals surface area contributed by atoms with Crippen molar-refractivity contribution < 1.29 is 17.4 Å². The Morgan fingerprint density at radius 1 is 1.31 bits per heavy atom. The summed E-state index contributed by atoms with van der Waals surface area (Å²) >= 11 is 12.1. The summed E-state index contributed by atoms with van der Waals surface area (Å²) in [6, 6.07) is 1.46. The average Bonchev–Trinajstić information content (AvgIpc) is 2.98. The molecule has 11 heteroatoms. The summed E-state index contributed by atoms with van der Waals surface area (Å²) in [7, 11) is -1.45. The van der Waals surface area contributed by atoms with E-state index in [0.29, 0.717) is 0 Å². The van der Waals surface area contributed by atoms with Gasteiger partial charge >= 0.3 is 6.18 Å². The lowest BCUT2D eigenvalue weighted by Crippen LogP contribution is -2.21. The van der Waals surface area contributed by atoms with Crippen LogP contribution in [0.3, 0.4) is 0 Å². The zero-order valence-electron chi connectivity index (χ0n) is 13.6. The van der Waals surface area contributed by atoms with Crippen LogP contribution in [0, 0.1) is 11.5 Å². The molecule has 0 aliphatic carbocycles. The molecule has 0 saturated heterocycles. The van der Waals surface area contributed by atoms with Crippen LogP contribution in [0.15, 0.2) is 23.2 Å². The van der Waals surface area contributed by atoms with E-state index in [9.17, 15) is 22.6 Å². The first kappa shape index (κ1) is 20.6. The van der Waals surface area contributed by atoms with Crippen molar-refractivity contribution in [2.75, 3.05) is 17.2 Å². The maximum Gasteiger partial charge on any atom is 0.416 e. The Kier molecular flexibility index (Phi) is 6.21. The molecule has 1 aromatic heterocycles. The van der Waals surface area contributed by atoms with Crippen molar-refractivity contribution in [2.24, 2.45) is 0 Å². The Hall–Kier alpha value is -1.76. The highest BCUT2D eigenvalue weighted by Gasteiger charge is 2.33. The van der Waals surface area contributed by atoms with Gasteiger partial charge in [-0.2, -0.15) is 23.5 Å². The first-order valence-corrected chi connectivity index (χ1v) is 9.43. The number of rotatable bonds is 5. The topological polar surface area (TPSA) is 61.9 Å². The van der Waals surface area contributed by atoms with Crippen molar-refractivity contribution >= 4 is 39.8 Å². The Balaban J connectivity index is 2.76. The van der Waals surface area contributed by atoms with Gasteiger partial charge in [0.15, 0.2) is 12.0 Å². The highest BCUT2D eigenvalue weighted by atomic mass is 35.5. The summed E-state index contributed by atoms with van der Waals surface area (Å²) in [6.07, 6.45) is -1.39. The molecular weight excluding hydrogens is 412 g/mol. The van der Waals surface area contributed by atoms with E-state index in [1.54, 1.807) is 13.8 Å². The molecule has 0 N–H and O–H groups in total. The molecular formula is C15H13Cl2F3N4OS. The van der Waals surface area contributed by atoms with Crippen molar-refractivity contribution in [1.29, 1.82) is 5.26 Å². The zero-order valence-corrected chi connectivity index (χ0v) is 16.0. The van der Waals surface area contributed by atoms with Gasteiger partial charge < -0.3 is 0 Å². The zero-order chi connectivity index (χ0) is 19.6. The fraction of sp³-hybridized carbons (Fsp3) is 0.333. The van der Waals surface area contributed by atoms with Gasteiger partial charge in [0.25, 0.3) is 0 Å². The van der Waals surface area contributed by atoms with E-state index in [1.807, 2.05) is 6.19 Å². The van der Waals surface area contributed by atoms with Gasteiger partial charge in [0.2, 0.25) is 0 Å². The van der Waals surface area contributed by atoms with Crippen LogP contribution in [0.5, 0.6) is 0 Å². The third-order valence-electron chi connectivity index (χ3n) is 3.47. The Bertz CT molecular complexity index is 869. The number of halogens is 5. The molecule has 2 rings (SSSR count). The summed E-state index contributed by atoms with van der Waals surface area (Å²) in [5.41, 5.74) is -1.03. The maximum atomic E-state index is 12.9. The molecule has 2 aromatic rings. The summed E-state index contributed by atoms with van der Waals surface area (Å²) < 4.78 is 52.2. The van der Waals surface area contributed by atoms with E-state index < -0.39 is 22.5 Å². The monoisotopic (exact) mass is 424 g/mol. The lowest BCUT2D eigenvalue weighted by molar-refractivity contribution is -0.137. The van der Waals surface area contributed by atoms with E-state index >= 15 is 0 Å². The largest absolute Gasteiger partial charge is 0.416 e. The maximum absolute atomic E-state index is 12.9. The van der Waals surface area contributed by atoms with E-state index in [-0.39, 0.29) is 38.7 Å². The van der Waals surface area contributed by atoms with Gasteiger partial charge in [-0.3, -0.25) is 9.11 Å². The van der Waals surface area contributed by atoms with Crippen LogP contribution in [-0.2, 0) is 17.0 Å². The standard InChI is InChI=1S/C15H13Cl2F3N4OS/c1-3-23(8-21)14-12(26(25)4-2)7-22-24(14)13-10(16)5-9(6-11(13)17)15(18,19)20/h5-7H,3-4H2,1-2H3. The minimum absolute atomic E-state index is 0.0237. The molecule has 0 aliphatic rings. The number of nitriles is 1. The van der Waals surface area contributed by atoms with E-state index in [4.69, 9.17) is 23.2 Å². The normalized spacial score (nSPS) is 12.7. The first-order valence-electron chi connectivity index (χ1n) is 7.35. The second-order valence-corrected chi connectivity index (χ2v) is 7.53. The number of hydrogen-bond acceptors (Lipinski definition) is 4. The molecule has 140 valence electrons. The number of benzene rings is 1. The quantitative estimate of drug-likeness (QED) is 0.518. The van der Waals surface area contributed by atoms with E-state index in [1.165, 1.54) is 11.1 Å². The number of nitrogens with zero attached hydrogens (tertiary/aromatic N) is 4. The molecule has 0 spiro atoms. The van der Waals surface area contributed by atoms with Gasteiger partial charge in [-0.15, -0.1) is 0 Å². The van der Waals surface area contributed by atoms with Crippen LogP contribution in [0.25, 0.3) is 5.69 Å². The van der Waals surface area contributed by atoms with Gasteiger partial charge in [-0.25, -0.2) is 4.68 Å². The van der Waals surface area contributed by atoms with E-state index in [2.05, 4.69) is 5.10 Å². The highest BCUT2D eigenvalue weighted by Crippen LogP contribution is 2.39. The Labute approximate surface area is 160 Å². The smallest absolute Gasteiger partial charge is 0.262 e.